The van der Waals surface area contributed by atoms with E-state index in [0.717, 1.165) is 30.6 Å². The fraction of sp³-hybridized carbons (Fsp3) is 0.565. The van der Waals surface area contributed by atoms with Crippen LogP contribution < -0.4 is 5.32 Å². The molecule has 1 N–H and O–H groups in total. The van der Waals surface area contributed by atoms with Crippen molar-refractivity contribution in [3.8, 4) is 0 Å². The van der Waals surface area contributed by atoms with E-state index >= 15 is 0 Å². The van der Waals surface area contributed by atoms with Crippen LogP contribution in [0.25, 0.3) is 0 Å². The first-order chi connectivity index (χ1) is 15.4. The lowest BCUT2D eigenvalue weighted by Crippen LogP contribution is -2.65. The molecule has 1 aliphatic carbocycles. The first kappa shape index (κ1) is 22.5. The Hall–Kier alpha value is -2.68. The molecule has 8 nitrogen and oxygen atoms in total. The Morgan fingerprint density at radius 1 is 1.31 bits per heavy atom. The Bertz CT molecular complexity index is 980. The van der Waals surface area contributed by atoms with Gasteiger partial charge in [-0.05, 0) is 44.6 Å². The predicted octanol–water partition coefficient (Wildman–Crippen LogP) is 3.03. The van der Waals surface area contributed by atoms with Crippen LogP contribution in [0, 0.1) is 0 Å². The van der Waals surface area contributed by atoms with Gasteiger partial charge in [0.05, 0.1) is 13.2 Å². The van der Waals surface area contributed by atoms with Crippen LogP contribution in [0.3, 0.4) is 0 Å². The predicted molar refractivity (Wildman–Crippen MR) is 121 cm³/mol. The fourth-order valence-electron chi connectivity index (χ4n) is 4.56. The van der Waals surface area contributed by atoms with Crippen molar-refractivity contribution in [3.63, 3.8) is 0 Å². The molecule has 2 aliphatic rings. The number of hydrogen-bond donors (Lipinski definition) is 1. The molecule has 2 amide bonds. The zero-order valence-corrected chi connectivity index (χ0v) is 19.5. The van der Waals surface area contributed by atoms with Crippen LogP contribution in [-0.4, -0.2) is 57.2 Å². The largest absolute Gasteiger partial charge is 0.461 e. The van der Waals surface area contributed by atoms with Crippen molar-refractivity contribution < 1.29 is 19.1 Å². The molecule has 172 valence electrons. The van der Waals surface area contributed by atoms with E-state index in [1.807, 2.05) is 17.5 Å². The molecular formula is C23H30N4O4S. The number of amides is 2. The molecule has 0 unspecified atom stereocenters. The number of fused-ring (bicyclic) bond motifs is 1. The minimum absolute atomic E-state index is 0.0883. The number of nitrogens with zero attached hydrogens (tertiary/aromatic N) is 3. The quantitative estimate of drug-likeness (QED) is 0.644. The number of hydrogen-bond acceptors (Lipinski definition) is 6. The van der Waals surface area contributed by atoms with E-state index in [2.05, 4.69) is 10.4 Å². The van der Waals surface area contributed by atoms with Crippen molar-refractivity contribution in [3.05, 3.63) is 39.8 Å². The summed E-state index contributed by atoms with van der Waals surface area (Å²) in [5, 5.41) is 9.50. The van der Waals surface area contributed by atoms with Gasteiger partial charge in [-0.1, -0.05) is 25.3 Å². The number of ether oxygens (including phenoxy) is 1. The molecule has 0 bridgehead atoms. The van der Waals surface area contributed by atoms with E-state index in [4.69, 9.17) is 4.74 Å². The van der Waals surface area contributed by atoms with Crippen LogP contribution in [0.4, 0.5) is 0 Å². The van der Waals surface area contributed by atoms with E-state index in [0.29, 0.717) is 18.7 Å². The van der Waals surface area contributed by atoms with Crippen LogP contribution in [0.2, 0.25) is 0 Å². The second kappa shape index (κ2) is 9.44. The average molecular weight is 459 g/mol. The minimum Gasteiger partial charge on any atom is -0.461 e. The molecule has 1 saturated carbocycles. The summed E-state index contributed by atoms with van der Waals surface area (Å²) >= 11 is 1.63. The normalized spacial score (nSPS) is 21.3. The van der Waals surface area contributed by atoms with Gasteiger partial charge in [0, 0.05) is 23.5 Å². The SMILES string of the molecule is CCOC(=O)c1cc2n(n1)C[C@](C)(C(=O)NC1CCCCC1)N(CCc1cccs1)C2=O. The van der Waals surface area contributed by atoms with Gasteiger partial charge in [0.15, 0.2) is 5.69 Å². The number of aromatic nitrogens is 2. The van der Waals surface area contributed by atoms with Gasteiger partial charge in [-0.2, -0.15) is 5.10 Å². The summed E-state index contributed by atoms with van der Waals surface area (Å²) in [5.74, 6) is -1.03. The van der Waals surface area contributed by atoms with Gasteiger partial charge >= 0.3 is 5.97 Å². The highest BCUT2D eigenvalue weighted by atomic mass is 32.1. The Morgan fingerprint density at radius 2 is 2.09 bits per heavy atom. The van der Waals surface area contributed by atoms with Gasteiger partial charge in [-0.15, -0.1) is 11.3 Å². The van der Waals surface area contributed by atoms with Crippen LogP contribution in [0.1, 0.15) is 71.8 Å². The lowest BCUT2D eigenvalue weighted by molar-refractivity contribution is -0.134. The Balaban J connectivity index is 1.62. The average Bonchev–Trinajstić information content (AvgIpc) is 3.44. The molecule has 1 atom stereocenters. The maximum absolute atomic E-state index is 13.5. The zero-order chi connectivity index (χ0) is 22.7. The lowest BCUT2D eigenvalue weighted by atomic mass is 9.91. The maximum Gasteiger partial charge on any atom is 0.358 e. The van der Waals surface area contributed by atoms with Crippen LogP contribution in [0.5, 0.6) is 0 Å². The number of thiophene rings is 1. The van der Waals surface area contributed by atoms with Crippen molar-refractivity contribution in [2.45, 2.75) is 70.5 Å². The van der Waals surface area contributed by atoms with Crippen molar-refractivity contribution in [1.82, 2.24) is 20.0 Å². The highest BCUT2D eigenvalue weighted by molar-refractivity contribution is 7.09. The van der Waals surface area contributed by atoms with Crippen molar-refractivity contribution >= 4 is 29.1 Å². The molecule has 3 heterocycles. The summed E-state index contributed by atoms with van der Waals surface area (Å²) in [5.41, 5.74) is -0.705. The second-order valence-electron chi connectivity index (χ2n) is 8.66. The fourth-order valence-corrected chi connectivity index (χ4v) is 5.26. The standard InChI is InChI=1S/C23H30N4O4S/c1-3-31-21(29)18-14-19-20(28)26(12-11-17-10-7-13-32-17)23(2,15-27(19)25-18)22(30)24-16-8-5-4-6-9-16/h7,10,13-14,16H,3-6,8-9,11-12,15H2,1-2H3,(H,24,30)/t23-/m1/s1. The van der Waals surface area contributed by atoms with E-state index < -0.39 is 11.5 Å². The summed E-state index contributed by atoms with van der Waals surface area (Å²) in [6, 6.07) is 5.61. The van der Waals surface area contributed by atoms with Gasteiger partial charge in [0.1, 0.15) is 11.2 Å². The first-order valence-corrected chi connectivity index (χ1v) is 12.2. The zero-order valence-electron chi connectivity index (χ0n) is 18.6. The van der Waals surface area contributed by atoms with Crippen LogP contribution in [-0.2, 0) is 22.5 Å². The Labute approximate surface area is 191 Å². The molecule has 2 aromatic heterocycles. The number of carbonyl (C=O) groups is 3. The van der Waals surface area contributed by atoms with Crippen molar-refractivity contribution in [2.75, 3.05) is 13.2 Å². The van der Waals surface area contributed by atoms with Gasteiger partial charge in [0.2, 0.25) is 5.91 Å². The van der Waals surface area contributed by atoms with Crippen LogP contribution in [0.15, 0.2) is 23.6 Å². The van der Waals surface area contributed by atoms with Gasteiger partial charge in [-0.25, -0.2) is 4.79 Å². The summed E-state index contributed by atoms with van der Waals surface area (Å²) in [6.45, 7) is 4.35. The molecule has 0 aromatic carbocycles. The highest BCUT2D eigenvalue weighted by Crippen LogP contribution is 2.29. The number of carbonyl (C=O) groups excluding carboxylic acids is 3. The van der Waals surface area contributed by atoms with Crippen molar-refractivity contribution in [1.29, 1.82) is 0 Å². The number of rotatable bonds is 7. The molecule has 1 aliphatic heterocycles. The Morgan fingerprint density at radius 3 is 2.78 bits per heavy atom. The summed E-state index contributed by atoms with van der Waals surface area (Å²) in [4.78, 5) is 42.0. The minimum atomic E-state index is -1.10. The monoisotopic (exact) mass is 458 g/mol. The second-order valence-corrected chi connectivity index (χ2v) is 9.69. The van der Waals surface area contributed by atoms with Gasteiger partial charge in [0.25, 0.3) is 5.91 Å². The van der Waals surface area contributed by atoms with E-state index in [-0.39, 0.29) is 36.7 Å². The third-order valence-electron chi connectivity index (χ3n) is 6.37. The maximum atomic E-state index is 13.5. The molecule has 9 heteroatoms. The van der Waals surface area contributed by atoms with E-state index in [9.17, 15) is 14.4 Å². The van der Waals surface area contributed by atoms with Crippen LogP contribution >= 0.6 is 11.3 Å². The highest BCUT2D eigenvalue weighted by Gasteiger charge is 2.48. The third-order valence-corrected chi connectivity index (χ3v) is 7.31. The van der Waals surface area contributed by atoms with Gasteiger partial charge in [-0.3, -0.25) is 14.3 Å². The smallest absolute Gasteiger partial charge is 0.358 e. The molecule has 0 spiro atoms. The molecule has 2 aromatic rings. The summed E-state index contributed by atoms with van der Waals surface area (Å²) in [6.07, 6.45) is 6.00. The lowest BCUT2D eigenvalue weighted by Gasteiger charge is -2.44. The molecule has 0 saturated heterocycles. The first-order valence-electron chi connectivity index (χ1n) is 11.3. The topological polar surface area (TPSA) is 93.5 Å². The Kier molecular flexibility index (Phi) is 6.64. The summed E-state index contributed by atoms with van der Waals surface area (Å²) < 4.78 is 6.53. The van der Waals surface area contributed by atoms with Crippen molar-refractivity contribution in [2.24, 2.45) is 0 Å². The van der Waals surface area contributed by atoms with E-state index in [1.54, 1.807) is 30.1 Å². The molecule has 0 radical (unpaired) electrons. The summed E-state index contributed by atoms with van der Waals surface area (Å²) in [7, 11) is 0. The van der Waals surface area contributed by atoms with Gasteiger partial charge < -0.3 is 15.0 Å². The number of esters is 1. The number of nitrogens with one attached hydrogen (secondary N) is 1. The molecule has 1 fully saturated rings. The molecular weight excluding hydrogens is 428 g/mol. The molecule has 4 rings (SSSR count). The van der Waals surface area contributed by atoms with E-state index in [1.165, 1.54) is 17.2 Å². The third kappa shape index (κ3) is 4.44. The molecule has 32 heavy (non-hydrogen) atoms.